The molecule has 0 bridgehead atoms. The minimum Gasteiger partial charge on any atom is -0.0996 e. The second kappa shape index (κ2) is 9.93. The summed E-state index contributed by atoms with van der Waals surface area (Å²) in [5.74, 6) is 1.46. The largest absolute Gasteiger partial charge is 0.0996 e. The molecule has 0 aromatic heterocycles. The highest BCUT2D eigenvalue weighted by atomic mass is 14.3. The van der Waals surface area contributed by atoms with Crippen LogP contribution in [0.4, 0.5) is 0 Å². The Labute approximate surface area is 166 Å². The van der Waals surface area contributed by atoms with Gasteiger partial charge in [-0.1, -0.05) is 87.4 Å². The molecule has 3 rings (SSSR count). The van der Waals surface area contributed by atoms with E-state index in [2.05, 4.69) is 69.0 Å². The van der Waals surface area contributed by atoms with Gasteiger partial charge in [0.1, 0.15) is 0 Å². The molecule has 0 amide bonds. The summed E-state index contributed by atoms with van der Waals surface area (Å²) in [6.07, 6.45) is 11.4. The number of aryl methyl sites for hydroxylation is 1. The molecule has 0 radical (unpaired) electrons. The first-order chi connectivity index (χ1) is 13.2. The molecule has 144 valence electrons. The van der Waals surface area contributed by atoms with Gasteiger partial charge in [0.15, 0.2) is 0 Å². The highest BCUT2D eigenvalue weighted by Gasteiger charge is 2.25. The van der Waals surface area contributed by atoms with Gasteiger partial charge >= 0.3 is 0 Å². The predicted octanol–water partition coefficient (Wildman–Crippen LogP) is 8.33. The van der Waals surface area contributed by atoms with Gasteiger partial charge in [0.05, 0.1) is 0 Å². The molecule has 0 aliphatic heterocycles. The summed E-state index contributed by atoms with van der Waals surface area (Å²) < 4.78 is 0. The Bertz CT molecular complexity index is 714. The molecule has 2 aromatic rings. The first-order valence-electron chi connectivity index (χ1n) is 11.1. The Kier molecular flexibility index (Phi) is 7.33. The summed E-state index contributed by atoms with van der Waals surface area (Å²) >= 11 is 0. The Morgan fingerprint density at radius 3 is 2.26 bits per heavy atom. The third-order valence-electron chi connectivity index (χ3n) is 6.36. The summed E-state index contributed by atoms with van der Waals surface area (Å²) in [6, 6.07) is 18.4. The van der Waals surface area contributed by atoms with Crippen molar-refractivity contribution in [1.82, 2.24) is 0 Å². The van der Waals surface area contributed by atoms with Crippen molar-refractivity contribution in [3.8, 4) is 11.1 Å². The molecule has 2 aromatic carbocycles. The third-order valence-corrected chi connectivity index (χ3v) is 6.36. The van der Waals surface area contributed by atoms with Crippen molar-refractivity contribution in [2.45, 2.75) is 77.6 Å². The van der Waals surface area contributed by atoms with Crippen LogP contribution in [0.5, 0.6) is 0 Å². The lowest BCUT2D eigenvalue weighted by Gasteiger charge is -2.31. The van der Waals surface area contributed by atoms with Crippen LogP contribution in [-0.2, 0) is 6.42 Å². The lowest BCUT2D eigenvalue weighted by molar-refractivity contribution is 0.356. The number of benzene rings is 2. The number of unbranched alkanes of at least 4 members (excludes halogenated alkanes) is 1. The van der Waals surface area contributed by atoms with Crippen molar-refractivity contribution in [1.29, 1.82) is 0 Å². The smallest absolute Gasteiger partial charge is 0.0149 e. The van der Waals surface area contributed by atoms with Gasteiger partial charge in [0.2, 0.25) is 0 Å². The van der Waals surface area contributed by atoms with Crippen LogP contribution < -0.4 is 0 Å². The zero-order valence-corrected chi connectivity index (χ0v) is 17.3. The van der Waals surface area contributed by atoms with Crippen LogP contribution in [0, 0.1) is 5.92 Å². The van der Waals surface area contributed by atoms with E-state index >= 15 is 0 Å². The number of rotatable bonds is 8. The Balaban J connectivity index is 1.70. The zero-order chi connectivity index (χ0) is 19.1. The summed E-state index contributed by atoms with van der Waals surface area (Å²) in [6.45, 7) is 8.92. The Morgan fingerprint density at radius 2 is 1.59 bits per heavy atom. The SMILES string of the molecule is C=C(CCCC)C1CCC(c2ccccc2-c2ccc(CCC)cc2)CC1. The highest BCUT2D eigenvalue weighted by molar-refractivity contribution is 5.68. The molecule has 1 saturated carbocycles. The summed E-state index contributed by atoms with van der Waals surface area (Å²) in [5.41, 5.74) is 7.33. The maximum atomic E-state index is 4.40. The van der Waals surface area contributed by atoms with E-state index in [4.69, 9.17) is 0 Å². The van der Waals surface area contributed by atoms with Crippen molar-refractivity contribution >= 4 is 0 Å². The molecule has 0 unspecified atom stereocenters. The van der Waals surface area contributed by atoms with E-state index in [9.17, 15) is 0 Å². The monoisotopic (exact) mass is 360 g/mol. The van der Waals surface area contributed by atoms with Crippen molar-refractivity contribution in [3.63, 3.8) is 0 Å². The minimum atomic E-state index is 0.701. The second-order valence-electron chi connectivity index (χ2n) is 8.34. The second-order valence-corrected chi connectivity index (χ2v) is 8.34. The molecule has 0 heterocycles. The predicted molar refractivity (Wildman–Crippen MR) is 119 cm³/mol. The zero-order valence-electron chi connectivity index (χ0n) is 17.3. The van der Waals surface area contributed by atoms with Gasteiger partial charge in [-0.3, -0.25) is 0 Å². The molecule has 0 N–H and O–H groups in total. The van der Waals surface area contributed by atoms with Gasteiger partial charge in [-0.25, -0.2) is 0 Å². The Morgan fingerprint density at radius 1 is 0.889 bits per heavy atom. The van der Waals surface area contributed by atoms with Crippen LogP contribution in [0.25, 0.3) is 11.1 Å². The van der Waals surface area contributed by atoms with Crippen molar-refractivity contribution in [2.75, 3.05) is 0 Å². The topological polar surface area (TPSA) is 0 Å². The molecular weight excluding hydrogens is 324 g/mol. The number of hydrogen-bond donors (Lipinski definition) is 0. The van der Waals surface area contributed by atoms with Gasteiger partial charge in [-0.05, 0) is 79.0 Å². The van der Waals surface area contributed by atoms with E-state index in [1.165, 1.54) is 80.1 Å². The fraction of sp³-hybridized carbons (Fsp3) is 0.481. The minimum absolute atomic E-state index is 0.701. The van der Waals surface area contributed by atoms with Gasteiger partial charge < -0.3 is 0 Å². The molecule has 0 nitrogen and oxygen atoms in total. The van der Waals surface area contributed by atoms with Crippen molar-refractivity contribution in [2.24, 2.45) is 5.92 Å². The van der Waals surface area contributed by atoms with E-state index in [1.54, 1.807) is 5.56 Å². The molecule has 1 fully saturated rings. The van der Waals surface area contributed by atoms with Crippen molar-refractivity contribution in [3.05, 3.63) is 71.8 Å². The molecule has 0 spiro atoms. The van der Waals surface area contributed by atoms with Crippen LogP contribution in [0.1, 0.15) is 82.3 Å². The molecule has 27 heavy (non-hydrogen) atoms. The van der Waals surface area contributed by atoms with E-state index in [0.717, 1.165) is 5.92 Å². The third kappa shape index (κ3) is 5.12. The maximum Gasteiger partial charge on any atom is -0.0149 e. The van der Waals surface area contributed by atoms with Gasteiger partial charge in [-0.15, -0.1) is 0 Å². The standard InChI is InChI=1S/C27H36/c1-4-6-10-21(3)23-17-19-25(20-18-23)27-12-8-7-11-26(27)24-15-13-22(9-5-2)14-16-24/h7-8,11-16,23,25H,3-6,9-10,17-20H2,1-2H3. The molecule has 0 atom stereocenters. The van der Waals surface area contributed by atoms with Crippen LogP contribution >= 0.6 is 0 Å². The van der Waals surface area contributed by atoms with E-state index < -0.39 is 0 Å². The van der Waals surface area contributed by atoms with Crippen LogP contribution in [-0.4, -0.2) is 0 Å². The quantitative estimate of drug-likeness (QED) is 0.415. The van der Waals surface area contributed by atoms with Gasteiger partial charge in [-0.2, -0.15) is 0 Å². The summed E-state index contributed by atoms with van der Waals surface area (Å²) in [7, 11) is 0. The molecular formula is C27H36. The lowest BCUT2D eigenvalue weighted by Crippen LogP contribution is -2.15. The first kappa shape index (κ1) is 19.9. The van der Waals surface area contributed by atoms with Crippen LogP contribution in [0.3, 0.4) is 0 Å². The molecule has 0 saturated heterocycles. The number of allylic oxidation sites excluding steroid dienone is 1. The fourth-order valence-electron chi connectivity index (χ4n) is 4.68. The normalized spacial score (nSPS) is 19.8. The van der Waals surface area contributed by atoms with E-state index in [1.807, 2.05) is 0 Å². The Hall–Kier alpha value is -1.82. The summed E-state index contributed by atoms with van der Waals surface area (Å²) in [5, 5.41) is 0. The average molecular weight is 361 g/mol. The average Bonchev–Trinajstić information content (AvgIpc) is 2.73. The van der Waals surface area contributed by atoms with E-state index in [-0.39, 0.29) is 0 Å². The van der Waals surface area contributed by atoms with Crippen LogP contribution in [0.15, 0.2) is 60.7 Å². The van der Waals surface area contributed by atoms with E-state index in [0.29, 0.717) is 5.92 Å². The molecule has 1 aliphatic carbocycles. The maximum absolute atomic E-state index is 4.40. The fourth-order valence-corrected chi connectivity index (χ4v) is 4.68. The van der Waals surface area contributed by atoms with Crippen LogP contribution in [0.2, 0.25) is 0 Å². The first-order valence-corrected chi connectivity index (χ1v) is 11.1. The molecule has 0 heteroatoms. The number of hydrogen-bond acceptors (Lipinski definition) is 0. The van der Waals surface area contributed by atoms with Gasteiger partial charge in [0, 0.05) is 0 Å². The van der Waals surface area contributed by atoms with Crippen molar-refractivity contribution < 1.29 is 0 Å². The lowest BCUT2D eigenvalue weighted by atomic mass is 9.74. The highest BCUT2D eigenvalue weighted by Crippen LogP contribution is 2.42. The van der Waals surface area contributed by atoms with Gasteiger partial charge in [0.25, 0.3) is 0 Å². The summed E-state index contributed by atoms with van der Waals surface area (Å²) in [4.78, 5) is 0. The molecule has 1 aliphatic rings.